The van der Waals surface area contributed by atoms with Crippen molar-refractivity contribution in [2.75, 3.05) is 31.6 Å². The predicted octanol–water partition coefficient (Wildman–Crippen LogP) is 2.98. The fourth-order valence-electron chi connectivity index (χ4n) is 4.17. The van der Waals surface area contributed by atoms with Crippen LogP contribution < -0.4 is 4.90 Å². The number of nitrogens with one attached hydrogen (secondary N) is 1. The number of fused-ring (bicyclic) bond motifs is 2. The minimum Gasteiger partial charge on any atom is -0.368 e. The van der Waals surface area contributed by atoms with E-state index in [0.717, 1.165) is 25.0 Å². The number of pyridine rings is 1. The molecule has 23 heavy (non-hydrogen) atoms. The second-order valence-corrected chi connectivity index (χ2v) is 6.85. The van der Waals surface area contributed by atoms with Gasteiger partial charge in [-0.15, -0.1) is 0 Å². The van der Waals surface area contributed by atoms with E-state index in [1.54, 1.807) is 0 Å². The van der Waals surface area contributed by atoms with E-state index in [1.165, 1.54) is 34.3 Å². The summed E-state index contributed by atoms with van der Waals surface area (Å²) in [5.74, 6) is 0.830. The maximum absolute atomic E-state index is 4.51. The number of likely N-dealkylation sites (N-methyl/N-ethyl adjacent to an activating group) is 1. The van der Waals surface area contributed by atoms with E-state index in [9.17, 15) is 0 Å². The first-order chi connectivity index (χ1) is 11.3. The molecule has 0 spiro atoms. The molecule has 5 rings (SSSR count). The minimum absolute atomic E-state index is 0.728. The third-order valence-corrected chi connectivity index (χ3v) is 5.48. The van der Waals surface area contributed by atoms with Gasteiger partial charge in [0.25, 0.3) is 0 Å². The predicted molar refractivity (Wildman–Crippen MR) is 93.7 cm³/mol. The van der Waals surface area contributed by atoms with Gasteiger partial charge in [0.05, 0.1) is 11.9 Å². The van der Waals surface area contributed by atoms with Crippen LogP contribution in [0.2, 0.25) is 0 Å². The number of benzene rings is 1. The molecule has 4 heteroatoms. The van der Waals surface area contributed by atoms with E-state index >= 15 is 0 Å². The number of anilines is 1. The van der Waals surface area contributed by atoms with Gasteiger partial charge in [0.1, 0.15) is 0 Å². The first kappa shape index (κ1) is 13.1. The molecule has 2 fully saturated rings. The summed E-state index contributed by atoms with van der Waals surface area (Å²) in [6.07, 6.45) is 6.06. The van der Waals surface area contributed by atoms with E-state index in [0.29, 0.717) is 0 Å². The van der Waals surface area contributed by atoms with Crippen molar-refractivity contribution in [2.45, 2.75) is 6.04 Å². The highest BCUT2D eigenvalue weighted by atomic mass is 15.3. The fourth-order valence-corrected chi connectivity index (χ4v) is 4.17. The van der Waals surface area contributed by atoms with Gasteiger partial charge in [-0.3, -0.25) is 4.98 Å². The smallest absolute Gasteiger partial charge is 0.0559 e. The largest absolute Gasteiger partial charge is 0.368 e. The molecule has 0 unspecified atom stereocenters. The summed E-state index contributed by atoms with van der Waals surface area (Å²) in [5.41, 5.74) is 4.84. The van der Waals surface area contributed by atoms with Crippen molar-refractivity contribution in [1.82, 2.24) is 14.9 Å². The molecule has 0 amide bonds. The van der Waals surface area contributed by atoms with Crippen LogP contribution in [0, 0.1) is 5.92 Å². The van der Waals surface area contributed by atoms with Gasteiger partial charge in [-0.2, -0.15) is 0 Å². The van der Waals surface area contributed by atoms with Crippen LogP contribution in [0.25, 0.3) is 22.0 Å². The van der Waals surface area contributed by atoms with Crippen LogP contribution in [0.3, 0.4) is 0 Å². The van der Waals surface area contributed by atoms with Crippen LogP contribution in [0.15, 0.2) is 48.9 Å². The summed E-state index contributed by atoms with van der Waals surface area (Å²) in [6, 6.07) is 11.4. The van der Waals surface area contributed by atoms with Gasteiger partial charge in [-0.25, -0.2) is 0 Å². The Morgan fingerprint density at radius 2 is 2.04 bits per heavy atom. The van der Waals surface area contributed by atoms with Gasteiger partial charge < -0.3 is 14.8 Å². The number of hydrogen-bond donors (Lipinski definition) is 1. The molecular formula is C19H20N4. The Bertz CT molecular complexity index is 868. The zero-order chi connectivity index (χ0) is 15.4. The molecule has 2 atom stereocenters. The summed E-state index contributed by atoms with van der Waals surface area (Å²) in [4.78, 5) is 12.8. The Labute approximate surface area is 135 Å². The molecule has 2 aromatic heterocycles. The molecule has 3 aromatic rings. The highest BCUT2D eigenvalue weighted by Gasteiger charge is 2.43. The molecule has 116 valence electrons. The van der Waals surface area contributed by atoms with E-state index in [2.05, 4.69) is 63.3 Å². The van der Waals surface area contributed by atoms with Gasteiger partial charge in [0.15, 0.2) is 0 Å². The molecule has 0 aliphatic carbocycles. The molecular weight excluding hydrogens is 284 g/mol. The van der Waals surface area contributed by atoms with Crippen LogP contribution in [0.5, 0.6) is 0 Å². The van der Waals surface area contributed by atoms with E-state index < -0.39 is 0 Å². The maximum atomic E-state index is 4.51. The normalized spacial score (nSPS) is 24.0. The summed E-state index contributed by atoms with van der Waals surface area (Å²) in [6.45, 7) is 3.52. The third-order valence-electron chi connectivity index (χ3n) is 5.48. The second kappa shape index (κ2) is 4.83. The number of nitrogens with zero attached hydrogens (tertiary/aromatic N) is 3. The number of H-pyrrole nitrogens is 1. The fraction of sp³-hybridized carbons (Fsp3) is 0.316. The Morgan fingerprint density at radius 3 is 2.91 bits per heavy atom. The Balaban J connectivity index is 1.51. The number of likely N-dealkylation sites (tertiary alicyclic amines) is 1. The molecule has 2 aliphatic rings. The van der Waals surface area contributed by atoms with Gasteiger partial charge in [0, 0.05) is 66.0 Å². The lowest BCUT2D eigenvalue weighted by Crippen LogP contribution is -2.52. The summed E-state index contributed by atoms with van der Waals surface area (Å²) >= 11 is 0. The number of hydrogen-bond acceptors (Lipinski definition) is 3. The van der Waals surface area contributed by atoms with Crippen molar-refractivity contribution >= 4 is 16.6 Å². The Morgan fingerprint density at radius 1 is 1.13 bits per heavy atom. The van der Waals surface area contributed by atoms with Crippen LogP contribution >= 0.6 is 0 Å². The molecule has 0 saturated carbocycles. The lowest BCUT2D eigenvalue weighted by molar-refractivity contribution is 0.0827. The number of aromatic nitrogens is 2. The summed E-state index contributed by atoms with van der Waals surface area (Å²) in [7, 11) is 2.23. The van der Waals surface area contributed by atoms with Crippen LogP contribution in [-0.4, -0.2) is 47.6 Å². The van der Waals surface area contributed by atoms with Crippen molar-refractivity contribution in [3.05, 3.63) is 48.9 Å². The van der Waals surface area contributed by atoms with Crippen LogP contribution in [-0.2, 0) is 0 Å². The monoisotopic (exact) mass is 304 g/mol. The van der Waals surface area contributed by atoms with E-state index in [-0.39, 0.29) is 0 Å². The average Bonchev–Trinajstić information content (AvgIpc) is 3.16. The first-order valence-electron chi connectivity index (χ1n) is 8.26. The number of aromatic amines is 1. The van der Waals surface area contributed by atoms with Gasteiger partial charge in [-0.05, 0) is 19.2 Å². The lowest BCUT2D eigenvalue weighted by atomic mass is 9.93. The van der Waals surface area contributed by atoms with Crippen molar-refractivity contribution in [3.8, 4) is 11.1 Å². The summed E-state index contributed by atoms with van der Waals surface area (Å²) in [5, 5.41) is 1.26. The van der Waals surface area contributed by atoms with Crippen molar-refractivity contribution in [1.29, 1.82) is 0 Å². The number of rotatable bonds is 2. The summed E-state index contributed by atoms with van der Waals surface area (Å²) < 4.78 is 0. The lowest BCUT2D eigenvalue weighted by Gasteiger charge is -2.40. The first-order valence-corrected chi connectivity index (χ1v) is 8.26. The minimum atomic E-state index is 0.728. The molecule has 1 aromatic carbocycles. The maximum Gasteiger partial charge on any atom is 0.0559 e. The van der Waals surface area contributed by atoms with Crippen molar-refractivity contribution in [2.24, 2.45) is 5.92 Å². The third kappa shape index (κ3) is 1.98. The standard InChI is InChI=1S/C19H20N4/c1-22-10-14-11-23(12-19(14)22)15-6-13(7-20-8-15)17-9-21-18-5-3-2-4-16(17)18/h2-9,14,19,21H,10-12H2,1H3/t14-,19+/m0/s1. The van der Waals surface area contributed by atoms with Crippen molar-refractivity contribution < 1.29 is 0 Å². The number of para-hydroxylation sites is 1. The van der Waals surface area contributed by atoms with Gasteiger partial charge in [0.2, 0.25) is 0 Å². The average molecular weight is 304 g/mol. The molecule has 2 saturated heterocycles. The van der Waals surface area contributed by atoms with Crippen molar-refractivity contribution in [3.63, 3.8) is 0 Å². The van der Waals surface area contributed by atoms with Gasteiger partial charge >= 0.3 is 0 Å². The topological polar surface area (TPSA) is 35.2 Å². The molecule has 2 aliphatic heterocycles. The quantitative estimate of drug-likeness (QED) is 0.790. The molecule has 4 heterocycles. The molecule has 4 nitrogen and oxygen atoms in total. The Hall–Kier alpha value is -2.33. The molecule has 1 N–H and O–H groups in total. The SMILES string of the molecule is CN1C[C@H]2CN(c3cncc(-c4c[nH]c5ccccc45)c3)C[C@H]21. The molecule has 0 bridgehead atoms. The molecule has 0 radical (unpaired) electrons. The highest BCUT2D eigenvalue weighted by molar-refractivity contribution is 5.95. The second-order valence-electron chi connectivity index (χ2n) is 6.85. The Kier molecular flexibility index (Phi) is 2.76. The van der Waals surface area contributed by atoms with Crippen LogP contribution in [0.1, 0.15) is 0 Å². The highest BCUT2D eigenvalue weighted by Crippen LogP contribution is 2.35. The van der Waals surface area contributed by atoms with Gasteiger partial charge in [-0.1, -0.05) is 18.2 Å². The van der Waals surface area contributed by atoms with Crippen LogP contribution in [0.4, 0.5) is 5.69 Å². The van der Waals surface area contributed by atoms with E-state index in [4.69, 9.17) is 0 Å². The zero-order valence-electron chi connectivity index (χ0n) is 13.2. The van der Waals surface area contributed by atoms with E-state index in [1.807, 2.05) is 12.4 Å². The zero-order valence-corrected chi connectivity index (χ0v) is 13.2.